The number of pyridine rings is 1. The van der Waals surface area contributed by atoms with Crippen LogP contribution in [-0.2, 0) is 11.2 Å². The number of benzene rings is 1. The van der Waals surface area contributed by atoms with Crippen molar-refractivity contribution in [1.82, 2.24) is 4.57 Å². The van der Waals surface area contributed by atoms with E-state index >= 15 is 0 Å². The molecule has 1 aromatic heterocycles. The van der Waals surface area contributed by atoms with Crippen LogP contribution in [0.2, 0.25) is 0 Å². The van der Waals surface area contributed by atoms with Gasteiger partial charge in [0, 0.05) is 12.6 Å². The van der Waals surface area contributed by atoms with E-state index in [1.54, 1.807) is 29.0 Å². The normalized spacial score (nSPS) is 12.0. The Labute approximate surface area is 110 Å². The standard InChI is InChI=1S/C14H13NO2S/c16-14(17)12(10-11-6-2-1-3-7-11)15-9-5-4-8-13(15)18/h1-9,12H,10H2,(H,16,17). The third-order valence-electron chi connectivity index (χ3n) is 2.74. The van der Waals surface area contributed by atoms with E-state index in [2.05, 4.69) is 0 Å². The predicted octanol–water partition coefficient (Wildman–Crippen LogP) is 3.09. The summed E-state index contributed by atoms with van der Waals surface area (Å²) in [7, 11) is 0. The highest BCUT2D eigenvalue weighted by Gasteiger charge is 2.19. The Hall–Kier alpha value is -1.94. The quantitative estimate of drug-likeness (QED) is 0.858. The maximum absolute atomic E-state index is 11.4. The first-order valence-electron chi connectivity index (χ1n) is 5.62. The topological polar surface area (TPSA) is 42.2 Å². The van der Waals surface area contributed by atoms with Gasteiger partial charge in [-0.2, -0.15) is 0 Å². The number of aromatic nitrogens is 1. The van der Waals surface area contributed by atoms with E-state index < -0.39 is 12.0 Å². The molecule has 1 heterocycles. The van der Waals surface area contributed by atoms with Crippen molar-refractivity contribution in [2.24, 2.45) is 0 Å². The van der Waals surface area contributed by atoms with Crippen LogP contribution in [0.4, 0.5) is 0 Å². The molecule has 3 nitrogen and oxygen atoms in total. The molecule has 1 atom stereocenters. The van der Waals surface area contributed by atoms with Crippen molar-refractivity contribution in [3.63, 3.8) is 0 Å². The van der Waals surface area contributed by atoms with Gasteiger partial charge in [0.1, 0.15) is 10.7 Å². The second kappa shape index (κ2) is 5.60. The van der Waals surface area contributed by atoms with E-state index in [0.29, 0.717) is 11.1 Å². The summed E-state index contributed by atoms with van der Waals surface area (Å²) in [5.41, 5.74) is 0.982. The Morgan fingerprint density at radius 1 is 1.17 bits per heavy atom. The molecule has 2 aromatic rings. The third kappa shape index (κ3) is 2.84. The van der Waals surface area contributed by atoms with E-state index in [1.807, 2.05) is 30.3 Å². The van der Waals surface area contributed by atoms with Crippen LogP contribution in [-0.4, -0.2) is 15.6 Å². The molecule has 0 fully saturated rings. The van der Waals surface area contributed by atoms with E-state index in [1.165, 1.54) is 0 Å². The molecule has 0 aliphatic heterocycles. The highest BCUT2D eigenvalue weighted by atomic mass is 32.1. The van der Waals surface area contributed by atoms with Gasteiger partial charge < -0.3 is 9.67 Å². The summed E-state index contributed by atoms with van der Waals surface area (Å²) in [5.74, 6) is -0.874. The molecule has 1 N–H and O–H groups in total. The Morgan fingerprint density at radius 2 is 1.83 bits per heavy atom. The number of carbonyl (C=O) groups is 1. The van der Waals surface area contributed by atoms with Crippen LogP contribution in [0.15, 0.2) is 54.7 Å². The van der Waals surface area contributed by atoms with Gasteiger partial charge in [0.2, 0.25) is 0 Å². The summed E-state index contributed by atoms with van der Waals surface area (Å²) >= 11 is 5.16. The van der Waals surface area contributed by atoms with Crippen molar-refractivity contribution in [3.05, 3.63) is 64.9 Å². The fourth-order valence-corrected chi connectivity index (χ4v) is 2.11. The largest absolute Gasteiger partial charge is 0.480 e. The maximum Gasteiger partial charge on any atom is 0.327 e. The van der Waals surface area contributed by atoms with E-state index in [9.17, 15) is 9.90 Å². The predicted molar refractivity (Wildman–Crippen MR) is 72.1 cm³/mol. The maximum atomic E-state index is 11.4. The molecule has 2 rings (SSSR count). The van der Waals surface area contributed by atoms with Crippen LogP contribution in [0.25, 0.3) is 0 Å². The summed E-state index contributed by atoms with van der Waals surface area (Å²) in [6.45, 7) is 0. The number of aliphatic carboxylic acids is 1. The Morgan fingerprint density at radius 3 is 2.44 bits per heavy atom. The van der Waals surface area contributed by atoms with Gasteiger partial charge in [-0.05, 0) is 17.7 Å². The van der Waals surface area contributed by atoms with Gasteiger partial charge in [-0.1, -0.05) is 48.6 Å². The molecule has 0 aliphatic carbocycles. The van der Waals surface area contributed by atoms with Crippen molar-refractivity contribution >= 4 is 18.2 Å². The lowest BCUT2D eigenvalue weighted by Crippen LogP contribution is -2.21. The molecule has 0 saturated carbocycles. The summed E-state index contributed by atoms with van der Waals surface area (Å²) in [6, 6.07) is 14.2. The lowest BCUT2D eigenvalue weighted by atomic mass is 10.1. The van der Waals surface area contributed by atoms with E-state index in [-0.39, 0.29) is 0 Å². The zero-order valence-electron chi connectivity index (χ0n) is 9.69. The van der Waals surface area contributed by atoms with Crippen molar-refractivity contribution < 1.29 is 9.90 Å². The number of rotatable bonds is 4. The van der Waals surface area contributed by atoms with Crippen LogP contribution in [0.5, 0.6) is 0 Å². The first-order valence-corrected chi connectivity index (χ1v) is 6.03. The fraction of sp³-hybridized carbons (Fsp3) is 0.143. The highest BCUT2D eigenvalue weighted by Crippen LogP contribution is 2.15. The van der Waals surface area contributed by atoms with Gasteiger partial charge in [-0.25, -0.2) is 4.79 Å². The van der Waals surface area contributed by atoms with Crippen molar-refractivity contribution in [3.8, 4) is 0 Å². The fourth-order valence-electron chi connectivity index (χ4n) is 1.84. The summed E-state index contributed by atoms with van der Waals surface area (Å²) in [5, 5.41) is 9.35. The van der Waals surface area contributed by atoms with Gasteiger partial charge in [0.25, 0.3) is 0 Å². The van der Waals surface area contributed by atoms with E-state index in [4.69, 9.17) is 12.2 Å². The molecule has 18 heavy (non-hydrogen) atoms. The lowest BCUT2D eigenvalue weighted by molar-refractivity contribution is -0.140. The van der Waals surface area contributed by atoms with Crippen LogP contribution in [0.1, 0.15) is 11.6 Å². The minimum absolute atomic E-state index is 0.425. The van der Waals surface area contributed by atoms with Gasteiger partial charge in [-0.15, -0.1) is 0 Å². The molecule has 1 aromatic carbocycles. The van der Waals surface area contributed by atoms with Gasteiger partial charge in [-0.3, -0.25) is 0 Å². The summed E-state index contributed by atoms with van der Waals surface area (Å²) in [6.07, 6.45) is 2.14. The van der Waals surface area contributed by atoms with Gasteiger partial charge >= 0.3 is 5.97 Å². The first kappa shape index (κ1) is 12.5. The molecule has 92 valence electrons. The second-order valence-electron chi connectivity index (χ2n) is 3.99. The summed E-state index contributed by atoms with van der Waals surface area (Å²) in [4.78, 5) is 11.4. The monoisotopic (exact) mass is 259 g/mol. The van der Waals surface area contributed by atoms with Crippen LogP contribution in [0.3, 0.4) is 0 Å². The molecule has 0 amide bonds. The number of hydrogen-bond acceptors (Lipinski definition) is 2. The SMILES string of the molecule is O=C(O)C(Cc1ccccc1)n1ccccc1=S. The molecule has 0 spiro atoms. The molecule has 0 radical (unpaired) electrons. The molecule has 1 unspecified atom stereocenters. The van der Waals surface area contributed by atoms with Gasteiger partial charge in [0.05, 0.1) is 0 Å². The van der Waals surface area contributed by atoms with E-state index in [0.717, 1.165) is 5.56 Å². The number of hydrogen-bond donors (Lipinski definition) is 1. The number of carboxylic acids is 1. The molecular weight excluding hydrogens is 246 g/mol. The van der Waals surface area contributed by atoms with Crippen LogP contribution < -0.4 is 0 Å². The zero-order valence-corrected chi connectivity index (χ0v) is 10.5. The minimum Gasteiger partial charge on any atom is -0.480 e. The Kier molecular flexibility index (Phi) is 3.89. The molecule has 4 heteroatoms. The zero-order chi connectivity index (χ0) is 13.0. The summed E-state index contributed by atoms with van der Waals surface area (Å²) < 4.78 is 2.14. The molecule has 0 bridgehead atoms. The van der Waals surface area contributed by atoms with Gasteiger partial charge in [0.15, 0.2) is 0 Å². The Bertz CT molecular complexity index is 592. The Balaban J connectivity index is 2.33. The average Bonchev–Trinajstić information content (AvgIpc) is 2.38. The molecule has 0 saturated heterocycles. The van der Waals surface area contributed by atoms with Crippen molar-refractivity contribution in [2.75, 3.05) is 0 Å². The lowest BCUT2D eigenvalue weighted by Gasteiger charge is -2.16. The highest BCUT2D eigenvalue weighted by molar-refractivity contribution is 7.71. The molecular formula is C14H13NO2S. The van der Waals surface area contributed by atoms with Crippen LogP contribution >= 0.6 is 12.2 Å². The number of nitrogens with zero attached hydrogens (tertiary/aromatic N) is 1. The second-order valence-corrected chi connectivity index (χ2v) is 4.41. The van der Waals surface area contributed by atoms with Crippen molar-refractivity contribution in [2.45, 2.75) is 12.5 Å². The average molecular weight is 259 g/mol. The third-order valence-corrected chi connectivity index (χ3v) is 3.09. The van der Waals surface area contributed by atoms with Crippen LogP contribution in [0, 0.1) is 4.64 Å². The number of carboxylic acid groups (broad SMARTS) is 1. The minimum atomic E-state index is -0.874. The smallest absolute Gasteiger partial charge is 0.327 e. The molecule has 0 aliphatic rings. The first-order chi connectivity index (χ1) is 8.68. The van der Waals surface area contributed by atoms with Crippen molar-refractivity contribution in [1.29, 1.82) is 0 Å².